The Balaban J connectivity index is 3.12. The minimum Gasteiger partial charge on any atom is -0.387 e. The summed E-state index contributed by atoms with van der Waals surface area (Å²) in [4.78, 5) is 10.0. The van der Waals surface area contributed by atoms with E-state index in [1.807, 2.05) is 0 Å². The molecule has 0 bridgehead atoms. The molecule has 5 nitrogen and oxygen atoms in total. The van der Waals surface area contributed by atoms with Gasteiger partial charge in [-0.2, -0.15) is 0 Å². The number of aliphatic hydroxyl groups is 1. The fourth-order valence-electron chi connectivity index (χ4n) is 1.01. The van der Waals surface area contributed by atoms with Crippen LogP contribution in [-0.4, -0.2) is 16.6 Å². The number of aliphatic hydroxyl groups excluding tert-OH is 1. The Morgan fingerprint density at radius 1 is 1.64 bits per heavy atom. The van der Waals surface area contributed by atoms with Gasteiger partial charge in [0.05, 0.1) is 15.5 Å². The van der Waals surface area contributed by atoms with Gasteiger partial charge in [0, 0.05) is 12.6 Å². The second-order valence-electron chi connectivity index (χ2n) is 2.72. The second-order valence-corrected chi connectivity index (χ2v) is 3.57. The lowest BCUT2D eigenvalue weighted by Gasteiger charge is -2.07. The zero-order valence-corrected chi connectivity index (χ0v) is 8.77. The number of rotatable bonds is 3. The van der Waals surface area contributed by atoms with Crippen molar-refractivity contribution in [2.24, 2.45) is 5.73 Å². The number of halogens is 1. The molecule has 14 heavy (non-hydrogen) atoms. The van der Waals surface area contributed by atoms with Gasteiger partial charge in [-0.1, -0.05) is 6.07 Å². The maximum absolute atomic E-state index is 10.5. The summed E-state index contributed by atoms with van der Waals surface area (Å²) < 4.78 is 0.385. The van der Waals surface area contributed by atoms with Gasteiger partial charge in [0.25, 0.3) is 5.69 Å². The highest BCUT2D eigenvalue weighted by atomic mass is 79.9. The average Bonchev–Trinajstić information content (AvgIpc) is 2.17. The standard InChI is InChI=1S/C8H9BrN2O3/c9-6-2-1-5(8(12)4-10)3-7(6)11(13)14/h1-3,8,12H,4,10H2/t8-/m1/s1. The fourth-order valence-corrected chi connectivity index (χ4v) is 1.40. The lowest BCUT2D eigenvalue weighted by atomic mass is 10.1. The zero-order valence-electron chi connectivity index (χ0n) is 7.18. The highest BCUT2D eigenvalue weighted by Gasteiger charge is 2.15. The topological polar surface area (TPSA) is 89.4 Å². The fraction of sp³-hybridized carbons (Fsp3) is 0.250. The quantitative estimate of drug-likeness (QED) is 0.634. The van der Waals surface area contributed by atoms with Crippen LogP contribution < -0.4 is 5.73 Å². The van der Waals surface area contributed by atoms with E-state index >= 15 is 0 Å². The largest absolute Gasteiger partial charge is 0.387 e. The molecule has 0 aliphatic rings. The number of benzene rings is 1. The van der Waals surface area contributed by atoms with E-state index in [9.17, 15) is 15.2 Å². The average molecular weight is 261 g/mol. The molecule has 0 saturated heterocycles. The van der Waals surface area contributed by atoms with Crippen LogP contribution >= 0.6 is 15.9 Å². The highest BCUT2D eigenvalue weighted by Crippen LogP contribution is 2.27. The number of hydrogen-bond donors (Lipinski definition) is 2. The first-order valence-electron chi connectivity index (χ1n) is 3.88. The lowest BCUT2D eigenvalue weighted by molar-refractivity contribution is -0.385. The van der Waals surface area contributed by atoms with Crippen molar-refractivity contribution < 1.29 is 10.0 Å². The van der Waals surface area contributed by atoms with Crippen molar-refractivity contribution in [1.29, 1.82) is 0 Å². The molecule has 1 aromatic rings. The second kappa shape index (κ2) is 4.50. The van der Waals surface area contributed by atoms with Crippen molar-refractivity contribution in [1.82, 2.24) is 0 Å². The van der Waals surface area contributed by atoms with Gasteiger partial charge in [-0.25, -0.2) is 0 Å². The molecule has 0 aliphatic heterocycles. The molecule has 0 unspecified atom stereocenters. The first-order valence-corrected chi connectivity index (χ1v) is 4.67. The van der Waals surface area contributed by atoms with Crippen molar-refractivity contribution in [3.8, 4) is 0 Å². The van der Waals surface area contributed by atoms with Crippen LogP contribution in [-0.2, 0) is 0 Å². The third-order valence-electron chi connectivity index (χ3n) is 1.77. The third-order valence-corrected chi connectivity index (χ3v) is 2.45. The Morgan fingerprint density at radius 2 is 2.29 bits per heavy atom. The summed E-state index contributed by atoms with van der Waals surface area (Å²) >= 11 is 3.05. The van der Waals surface area contributed by atoms with E-state index in [1.165, 1.54) is 12.1 Å². The van der Waals surface area contributed by atoms with E-state index in [0.29, 0.717) is 10.0 Å². The minimum absolute atomic E-state index is 0.0405. The van der Waals surface area contributed by atoms with E-state index in [2.05, 4.69) is 15.9 Å². The summed E-state index contributed by atoms with van der Waals surface area (Å²) in [5, 5.41) is 19.9. The van der Waals surface area contributed by atoms with Crippen molar-refractivity contribution in [2.45, 2.75) is 6.10 Å². The summed E-state index contributed by atoms with van der Waals surface area (Å²) in [7, 11) is 0. The first-order chi connectivity index (χ1) is 6.56. The van der Waals surface area contributed by atoms with Crippen molar-refractivity contribution in [3.63, 3.8) is 0 Å². The van der Waals surface area contributed by atoms with Crippen molar-refractivity contribution in [2.75, 3.05) is 6.54 Å². The van der Waals surface area contributed by atoms with E-state index in [4.69, 9.17) is 5.73 Å². The van der Waals surface area contributed by atoms with Gasteiger partial charge < -0.3 is 10.8 Å². The minimum atomic E-state index is -0.859. The summed E-state index contributed by atoms with van der Waals surface area (Å²) in [6, 6.07) is 4.42. The van der Waals surface area contributed by atoms with E-state index in [-0.39, 0.29) is 12.2 Å². The predicted octanol–water partition coefficient (Wildman–Crippen LogP) is 1.35. The smallest absolute Gasteiger partial charge is 0.283 e. The van der Waals surface area contributed by atoms with Crippen LogP contribution in [0, 0.1) is 10.1 Å². The highest BCUT2D eigenvalue weighted by molar-refractivity contribution is 9.10. The summed E-state index contributed by atoms with van der Waals surface area (Å²) in [5.41, 5.74) is 5.61. The van der Waals surface area contributed by atoms with Crippen LogP contribution in [0.3, 0.4) is 0 Å². The van der Waals surface area contributed by atoms with Crippen LogP contribution in [0.5, 0.6) is 0 Å². The number of nitro benzene ring substituents is 1. The van der Waals surface area contributed by atoms with Gasteiger partial charge in [-0.05, 0) is 27.6 Å². The molecule has 0 radical (unpaired) electrons. The molecular weight excluding hydrogens is 252 g/mol. The normalized spacial score (nSPS) is 12.5. The Labute approximate surface area is 88.8 Å². The Kier molecular flexibility index (Phi) is 3.56. The molecule has 0 amide bonds. The molecule has 0 saturated carbocycles. The van der Waals surface area contributed by atoms with Gasteiger partial charge >= 0.3 is 0 Å². The molecule has 1 atom stereocenters. The monoisotopic (exact) mass is 260 g/mol. The van der Waals surface area contributed by atoms with E-state index < -0.39 is 11.0 Å². The van der Waals surface area contributed by atoms with Gasteiger partial charge in [-0.15, -0.1) is 0 Å². The van der Waals surface area contributed by atoms with Crippen molar-refractivity contribution in [3.05, 3.63) is 38.3 Å². The molecule has 6 heteroatoms. The van der Waals surface area contributed by atoms with Gasteiger partial charge in [-0.3, -0.25) is 10.1 Å². The maximum Gasteiger partial charge on any atom is 0.283 e. The lowest BCUT2D eigenvalue weighted by Crippen LogP contribution is -2.11. The van der Waals surface area contributed by atoms with Crippen LogP contribution in [0.1, 0.15) is 11.7 Å². The molecule has 3 N–H and O–H groups in total. The molecule has 0 aliphatic carbocycles. The van der Waals surface area contributed by atoms with Gasteiger partial charge in [0.1, 0.15) is 0 Å². The first kappa shape index (κ1) is 11.1. The van der Waals surface area contributed by atoms with Gasteiger partial charge in [0.2, 0.25) is 0 Å². The molecule has 0 fully saturated rings. The number of nitrogens with two attached hydrogens (primary N) is 1. The van der Waals surface area contributed by atoms with Crippen LogP contribution in [0.2, 0.25) is 0 Å². The van der Waals surface area contributed by atoms with Crippen LogP contribution in [0.15, 0.2) is 22.7 Å². The SMILES string of the molecule is NC[C@@H](O)c1ccc(Br)c([N+](=O)[O-])c1. The molecular formula is C8H9BrN2O3. The summed E-state index contributed by atoms with van der Waals surface area (Å²) in [6.45, 7) is 0.0405. The summed E-state index contributed by atoms with van der Waals surface area (Å²) in [5.74, 6) is 0. The van der Waals surface area contributed by atoms with E-state index in [1.54, 1.807) is 6.07 Å². The Bertz CT molecular complexity index is 356. The predicted molar refractivity (Wildman–Crippen MR) is 54.8 cm³/mol. The molecule has 76 valence electrons. The third kappa shape index (κ3) is 2.28. The Hall–Kier alpha value is -0.980. The molecule has 0 heterocycles. The molecule has 0 spiro atoms. The van der Waals surface area contributed by atoms with Crippen LogP contribution in [0.25, 0.3) is 0 Å². The maximum atomic E-state index is 10.5. The molecule has 1 aromatic carbocycles. The number of nitro groups is 1. The number of nitrogens with zero attached hydrogens (tertiary/aromatic N) is 1. The van der Waals surface area contributed by atoms with Gasteiger partial charge in [0.15, 0.2) is 0 Å². The van der Waals surface area contributed by atoms with Crippen LogP contribution in [0.4, 0.5) is 5.69 Å². The van der Waals surface area contributed by atoms with Crippen molar-refractivity contribution >= 4 is 21.6 Å². The van der Waals surface area contributed by atoms with E-state index in [0.717, 1.165) is 0 Å². The zero-order chi connectivity index (χ0) is 10.7. The molecule has 1 rings (SSSR count). The number of hydrogen-bond acceptors (Lipinski definition) is 4. The Morgan fingerprint density at radius 3 is 2.79 bits per heavy atom. The summed E-state index contributed by atoms with van der Waals surface area (Å²) in [6.07, 6.45) is -0.859. The molecule has 0 aromatic heterocycles.